The highest BCUT2D eigenvalue weighted by atomic mass is 16.5. The molecule has 5 nitrogen and oxygen atoms in total. The molecule has 1 saturated heterocycles. The fourth-order valence-electron chi connectivity index (χ4n) is 4.92. The summed E-state index contributed by atoms with van der Waals surface area (Å²) in [6.45, 7) is 3.82. The molecule has 2 aromatic heterocycles. The summed E-state index contributed by atoms with van der Waals surface area (Å²) in [5.74, 6) is 0.967. The van der Waals surface area contributed by atoms with Crippen LogP contribution in [0.1, 0.15) is 53.9 Å². The second kappa shape index (κ2) is 9.58. The van der Waals surface area contributed by atoms with Crippen molar-refractivity contribution in [3.63, 3.8) is 0 Å². The van der Waals surface area contributed by atoms with Gasteiger partial charge in [0, 0.05) is 25.0 Å². The quantitative estimate of drug-likeness (QED) is 0.557. The van der Waals surface area contributed by atoms with Gasteiger partial charge >= 0.3 is 0 Å². The molecule has 0 spiro atoms. The summed E-state index contributed by atoms with van der Waals surface area (Å²) in [4.78, 5) is 11.7. The van der Waals surface area contributed by atoms with E-state index in [4.69, 9.17) is 4.74 Å². The van der Waals surface area contributed by atoms with Crippen LogP contribution < -0.4 is 10.1 Å². The average molecular weight is 415 g/mol. The first-order valence-corrected chi connectivity index (χ1v) is 11.4. The van der Waals surface area contributed by atoms with Crippen LogP contribution in [0.5, 0.6) is 5.75 Å². The van der Waals surface area contributed by atoms with Gasteiger partial charge in [-0.3, -0.25) is 14.9 Å². The van der Waals surface area contributed by atoms with Crippen molar-refractivity contribution in [3.8, 4) is 5.75 Å². The Morgan fingerprint density at radius 1 is 0.968 bits per heavy atom. The van der Waals surface area contributed by atoms with E-state index in [1.807, 2.05) is 48.8 Å². The number of aromatic nitrogens is 2. The molecule has 0 saturated carbocycles. The van der Waals surface area contributed by atoms with Gasteiger partial charge in [0.25, 0.3) is 0 Å². The predicted molar refractivity (Wildman–Crippen MR) is 122 cm³/mol. The molecule has 1 atom stereocenters. The van der Waals surface area contributed by atoms with Gasteiger partial charge in [0.05, 0.1) is 17.4 Å². The van der Waals surface area contributed by atoms with Gasteiger partial charge in [-0.05, 0) is 86.3 Å². The molecule has 0 radical (unpaired) electrons. The van der Waals surface area contributed by atoms with E-state index >= 15 is 0 Å². The van der Waals surface area contributed by atoms with Gasteiger partial charge < -0.3 is 10.1 Å². The Balaban J connectivity index is 1.19. The SMILES string of the molecule is c1ccc(C(NCCOc2ccc3c(c2)CCC3N2CCCC2)c2ccccn2)nc1. The number of nitrogens with one attached hydrogen (secondary N) is 1. The van der Waals surface area contributed by atoms with Crippen LogP contribution in [0.2, 0.25) is 0 Å². The van der Waals surface area contributed by atoms with E-state index in [-0.39, 0.29) is 6.04 Å². The lowest BCUT2D eigenvalue weighted by molar-refractivity contribution is 0.245. The monoisotopic (exact) mass is 414 g/mol. The first-order chi connectivity index (χ1) is 15.4. The first-order valence-electron chi connectivity index (χ1n) is 11.4. The van der Waals surface area contributed by atoms with E-state index in [2.05, 4.69) is 38.4 Å². The smallest absolute Gasteiger partial charge is 0.119 e. The van der Waals surface area contributed by atoms with E-state index in [1.54, 1.807) is 0 Å². The van der Waals surface area contributed by atoms with Crippen LogP contribution in [0.25, 0.3) is 0 Å². The van der Waals surface area contributed by atoms with Crippen LogP contribution in [0.3, 0.4) is 0 Å². The number of ether oxygens (including phenoxy) is 1. The van der Waals surface area contributed by atoms with Crippen molar-refractivity contribution in [2.75, 3.05) is 26.2 Å². The highest BCUT2D eigenvalue weighted by Crippen LogP contribution is 2.38. The van der Waals surface area contributed by atoms with E-state index in [9.17, 15) is 0 Å². The zero-order chi connectivity index (χ0) is 20.9. The molecule has 0 amide bonds. The summed E-state index contributed by atoms with van der Waals surface area (Å²) < 4.78 is 6.10. The third-order valence-corrected chi connectivity index (χ3v) is 6.43. The van der Waals surface area contributed by atoms with Gasteiger partial charge in [-0.2, -0.15) is 0 Å². The largest absolute Gasteiger partial charge is 0.492 e. The summed E-state index contributed by atoms with van der Waals surface area (Å²) in [5.41, 5.74) is 4.90. The van der Waals surface area contributed by atoms with Crippen molar-refractivity contribution in [2.45, 2.75) is 37.8 Å². The van der Waals surface area contributed by atoms with Crippen LogP contribution in [0, 0.1) is 0 Å². The normalized spacial score (nSPS) is 18.4. The van der Waals surface area contributed by atoms with Crippen molar-refractivity contribution in [1.82, 2.24) is 20.2 Å². The number of aryl methyl sites for hydroxylation is 1. The van der Waals surface area contributed by atoms with Gasteiger partial charge in [0.15, 0.2) is 0 Å². The van der Waals surface area contributed by atoms with Gasteiger partial charge in [-0.25, -0.2) is 0 Å². The molecule has 31 heavy (non-hydrogen) atoms. The number of rotatable bonds is 8. The minimum Gasteiger partial charge on any atom is -0.492 e. The summed E-state index contributed by atoms with van der Waals surface area (Å²) in [5, 5.41) is 3.56. The second-order valence-corrected chi connectivity index (χ2v) is 8.40. The number of nitrogens with zero attached hydrogens (tertiary/aromatic N) is 3. The number of pyridine rings is 2. The molecule has 1 aromatic carbocycles. The summed E-state index contributed by atoms with van der Waals surface area (Å²) in [6, 6.07) is 19.2. The first kappa shape index (κ1) is 20.2. The summed E-state index contributed by atoms with van der Waals surface area (Å²) >= 11 is 0. The summed E-state index contributed by atoms with van der Waals surface area (Å²) in [6.07, 6.45) is 8.74. The Labute approximate surface area is 184 Å². The molecule has 5 heteroatoms. The van der Waals surface area contributed by atoms with Crippen LogP contribution in [-0.4, -0.2) is 41.1 Å². The van der Waals surface area contributed by atoms with Crippen LogP contribution in [-0.2, 0) is 6.42 Å². The highest BCUT2D eigenvalue weighted by Gasteiger charge is 2.29. The molecule has 3 aromatic rings. The molecule has 2 aliphatic rings. The summed E-state index contributed by atoms with van der Waals surface area (Å²) in [7, 11) is 0. The zero-order valence-corrected chi connectivity index (χ0v) is 17.9. The molecule has 3 heterocycles. The third kappa shape index (κ3) is 4.63. The number of benzene rings is 1. The van der Waals surface area contributed by atoms with Gasteiger partial charge in [0.2, 0.25) is 0 Å². The van der Waals surface area contributed by atoms with Crippen molar-refractivity contribution in [2.24, 2.45) is 0 Å². The van der Waals surface area contributed by atoms with Crippen LogP contribution in [0.4, 0.5) is 0 Å². The Morgan fingerprint density at radius 3 is 2.39 bits per heavy atom. The molecular weight excluding hydrogens is 384 g/mol. The highest BCUT2D eigenvalue weighted by molar-refractivity contribution is 5.41. The fourth-order valence-corrected chi connectivity index (χ4v) is 4.92. The minimum absolute atomic E-state index is 0.0489. The van der Waals surface area contributed by atoms with Crippen molar-refractivity contribution >= 4 is 0 Å². The Kier molecular flexibility index (Phi) is 6.23. The topological polar surface area (TPSA) is 50.3 Å². The fraction of sp³-hybridized carbons (Fsp3) is 0.385. The molecule has 5 rings (SSSR count). The molecule has 1 aliphatic heterocycles. The molecule has 0 bridgehead atoms. The van der Waals surface area contributed by atoms with E-state index in [0.29, 0.717) is 19.2 Å². The number of hydrogen-bond donors (Lipinski definition) is 1. The maximum absolute atomic E-state index is 6.10. The number of hydrogen-bond acceptors (Lipinski definition) is 5. The molecule has 1 aliphatic carbocycles. The van der Waals surface area contributed by atoms with E-state index < -0.39 is 0 Å². The Morgan fingerprint density at radius 2 is 1.71 bits per heavy atom. The molecule has 1 unspecified atom stereocenters. The lowest BCUT2D eigenvalue weighted by Crippen LogP contribution is -2.28. The lowest BCUT2D eigenvalue weighted by Gasteiger charge is -2.24. The molecule has 160 valence electrons. The maximum Gasteiger partial charge on any atom is 0.119 e. The molecule has 1 N–H and O–H groups in total. The lowest BCUT2D eigenvalue weighted by atomic mass is 10.1. The third-order valence-electron chi connectivity index (χ3n) is 6.43. The zero-order valence-electron chi connectivity index (χ0n) is 17.9. The number of fused-ring (bicyclic) bond motifs is 1. The second-order valence-electron chi connectivity index (χ2n) is 8.40. The minimum atomic E-state index is -0.0489. The molecule has 1 fully saturated rings. The van der Waals surface area contributed by atoms with E-state index in [0.717, 1.165) is 23.6 Å². The van der Waals surface area contributed by atoms with Crippen molar-refractivity contribution < 1.29 is 4.74 Å². The Hall–Kier alpha value is -2.76. The predicted octanol–water partition coefficient (Wildman–Crippen LogP) is 4.32. The number of likely N-dealkylation sites (tertiary alicyclic amines) is 1. The van der Waals surface area contributed by atoms with Crippen molar-refractivity contribution in [3.05, 3.63) is 89.5 Å². The van der Waals surface area contributed by atoms with E-state index in [1.165, 1.54) is 43.5 Å². The van der Waals surface area contributed by atoms with Crippen LogP contribution in [0.15, 0.2) is 67.0 Å². The van der Waals surface area contributed by atoms with Gasteiger partial charge in [0.1, 0.15) is 12.4 Å². The van der Waals surface area contributed by atoms with Gasteiger partial charge in [-0.15, -0.1) is 0 Å². The maximum atomic E-state index is 6.10. The average Bonchev–Trinajstić information content (AvgIpc) is 3.50. The Bertz CT molecular complexity index is 934. The standard InChI is InChI=1S/C26H30N4O/c1-3-13-27-23(7-1)26(24-8-2-4-14-28-24)29-15-18-31-21-10-11-22-20(19-21)9-12-25(22)30-16-5-6-17-30/h1-4,7-8,10-11,13-14,19,25-26,29H,5-6,9,12,15-18H2. The van der Waals surface area contributed by atoms with Gasteiger partial charge in [-0.1, -0.05) is 18.2 Å². The molecular formula is C26H30N4O. The van der Waals surface area contributed by atoms with Crippen LogP contribution >= 0.6 is 0 Å². The van der Waals surface area contributed by atoms with Crippen molar-refractivity contribution in [1.29, 1.82) is 0 Å².